The third-order valence-electron chi connectivity index (χ3n) is 4.22. The molecule has 2 amide bonds. The molecule has 0 radical (unpaired) electrons. The minimum absolute atomic E-state index is 0.0842. The number of nitrogens with zero attached hydrogens (tertiary/aromatic N) is 1. The van der Waals surface area contributed by atoms with E-state index in [0.717, 1.165) is 24.9 Å². The molecule has 1 unspecified atom stereocenters. The quantitative estimate of drug-likeness (QED) is 0.832. The molecule has 1 aromatic carbocycles. The van der Waals surface area contributed by atoms with Crippen molar-refractivity contribution in [2.24, 2.45) is 5.41 Å². The minimum Gasteiger partial charge on any atom is -0.316 e. The van der Waals surface area contributed by atoms with Crippen LogP contribution in [0.4, 0.5) is 4.39 Å². The number of imide groups is 1. The molecule has 1 aromatic rings. The minimum atomic E-state index is -0.546. The highest BCUT2D eigenvalue weighted by molar-refractivity contribution is 6.06. The van der Waals surface area contributed by atoms with Gasteiger partial charge in [-0.1, -0.05) is 12.1 Å². The molecule has 106 valence electrons. The van der Waals surface area contributed by atoms with Crippen LogP contribution in [0.15, 0.2) is 24.3 Å². The van der Waals surface area contributed by atoms with Crippen LogP contribution < -0.4 is 5.32 Å². The average Bonchev–Trinajstić information content (AvgIpc) is 2.67. The third kappa shape index (κ3) is 2.22. The van der Waals surface area contributed by atoms with Crippen LogP contribution in [0.1, 0.15) is 24.8 Å². The fourth-order valence-electron chi connectivity index (χ4n) is 3.09. The molecule has 2 aliphatic rings. The van der Waals surface area contributed by atoms with Crippen LogP contribution in [0.25, 0.3) is 0 Å². The topological polar surface area (TPSA) is 49.4 Å². The number of hydrogen-bond donors (Lipinski definition) is 1. The summed E-state index contributed by atoms with van der Waals surface area (Å²) >= 11 is 0. The van der Waals surface area contributed by atoms with Gasteiger partial charge in [0.2, 0.25) is 11.8 Å². The first-order valence-corrected chi connectivity index (χ1v) is 6.91. The standard InChI is InChI=1S/C15H17FN2O2/c16-12-4-2-11(3-5-12)9-18-13(19)8-15(14(18)20)6-1-7-17-10-15/h2-5,17H,1,6-10H2. The van der Waals surface area contributed by atoms with Crippen LogP contribution in [-0.2, 0) is 16.1 Å². The monoisotopic (exact) mass is 276 g/mol. The lowest BCUT2D eigenvalue weighted by Crippen LogP contribution is -2.45. The molecular formula is C15H17FN2O2. The fourth-order valence-corrected chi connectivity index (χ4v) is 3.09. The Morgan fingerprint density at radius 2 is 2.00 bits per heavy atom. The number of carbonyl (C=O) groups excluding carboxylic acids is 2. The van der Waals surface area contributed by atoms with Crippen molar-refractivity contribution in [3.8, 4) is 0 Å². The zero-order chi connectivity index (χ0) is 14.2. The summed E-state index contributed by atoms with van der Waals surface area (Å²) in [4.78, 5) is 26.0. The fraction of sp³-hybridized carbons (Fsp3) is 0.467. The Morgan fingerprint density at radius 1 is 1.25 bits per heavy atom. The van der Waals surface area contributed by atoms with Crippen LogP contribution in [-0.4, -0.2) is 29.8 Å². The Labute approximate surface area is 117 Å². The molecule has 0 saturated carbocycles. The SMILES string of the molecule is O=C1CC2(CCCNC2)C(=O)N1Cc1ccc(F)cc1. The molecule has 3 rings (SSSR count). The smallest absolute Gasteiger partial charge is 0.237 e. The van der Waals surface area contributed by atoms with Gasteiger partial charge < -0.3 is 5.32 Å². The molecule has 1 atom stereocenters. The van der Waals surface area contributed by atoms with Gasteiger partial charge in [0.05, 0.1) is 12.0 Å². The van der Waals surface area contributed by atoms with E-state index in [1.807, 2.05) is 0 Å². The number of piperidine rings is 1. The Morgan fingerprint density at radius 3 is 2.65 bits per heavy atom. The van der Waals surface area contributed by atoms with Gasteiger partial charge in [0, 0.05) is 13.0 Å². The van der Waals surface area contributed by atoms with E-state index in [1.165, 1.54) is 17.0 Å². The summed E-state index contributed by atoms with van der Waals surface area (Å²) in [5, 5.41) is 3.21. The Bertz CT molecular complexity index is 535. The maximum Gasteiger partial charge on any atom is 0.237 e. The second-order valence-electron chi connectivity index (χ2n) is 5.65. The summed E-state index contributed by atoms with van der Waals surface area (Å²) in [6, 6.07) is 5.91. The van der Waals surface area contributed by atoms with Crippen LogP contribution in [0, 0.1) is 11.2 Å². The number of nitrogens with one attached hydrogen (secondary N) is 1. The van der Waals surface area contributed by atoms with E-state index < -0.39 is 5.41 Å². The molecule has 4 nitrogen and oxygen atoms in total. The third-order valence-corrected chi connectivity index (χ3v) is 4.22. The zero-order valence-electron chi connectivity index (χ0n) is 11.2. The van der Waals surface area contributed by atoms with Crippen LogP contribution >= 0.6 is 0 Å². The highest BCUT2D eigenvalue weighted by atomic mass is 19.1. The highest BCUT2D eigenvalue weighted by Gasteiger charge is 2.51. The molecule has 2 saturated heterocycles. The van der Waals surface area contributed by atoms with Gasteiger partial charge in [-0.05, 0) is 37.1 Å². The van der Waals surface area contributed by atoms with Gasteiger partial charge in [-0.2, -0.15) is 0 Å². The van der Waals surface area contributed by atoms with Gasteiger partial charge in [0.15, 0.2) is 0 Å². The zero-order valence-corrected chi connectivity index (χ0v) is 11.2. The lowest BCUT2D eigenvalue weighted by molar-refractivity contribution is -0.142. The maximum absolute atomic E-state index is 12.9. The van der Waals surface area contributed by atoms with E-state index in [4.69, 9.17) is 0 Å². The molecule has 2 fully saturated rings. The summed E-state index contributed by atoms with van der Waals surface area (Å²) < 4.78 is 12.9. The number of hydrogen-bond acceptors (Lipinski definition) is 3. The Kier molecular flexibility index (Phi) is 3.30. The van der Waals surface area contributed by atoms with Crippen LogP contribution in [0.5, 0.6) is 0 Å². The van der Waals surface area contributed by atoms with E-state index in [-0.39, 0.29) is 24.2 Å². The number of rotatable bonds is 2. The summed E-state index contributed by atoms with van der Waals surface area (Å²) in [5.41, 5.74) is 0.226. The van der Waals surface area contributed by atoms with E-state index in [9.17, 15) is 14.0 Å². The van der Waals surface area contributed by atoms with Gasteiger partial charge in [-0.3, -0.25) is 14.5 Å². The molecule has 2 aliphatic heterocycles. The average molecular weight is 276 g/mol. The van der Waals surface area contributed by atoms with Gasteiger partial charge in [-0.15, -0.1) is 0 Å². The van der Waals surface area contributed by atoms with Gasteiger partial charge in [0.1, 0.15) is 5.82 Å². The number of benzene rings is 1. The van der Waals surface area contributed by atoms with Gasteiger partial charge in [0.25, 0.3) is 0 Å². The number of likely N-dealkylation sites (tertiary alicyclic amines) is 1. The van der Waals surface area contributed by atoms with Gasteiger partial charge in [-0.25, -0.2) is 4.39 Å². The van der Waals surface area contributed by atoms with Crippen molar-refractivity contribution in [2.75, 3.05) is 13.1 Å². The van der Waals surface area contributed by atoms with Crippen molar-refractivity contribution in [1.82, 2.24) is 10.2 Å². The van der Waals surface area contributed by atoms with E-state index >= 15 is 0 Å². The largest absolute Gasteiger partial charge is 0.316 e. The van der Waals surface area contributed by atoms with Crippen molar-refractivity contribution in [1.29, 1.82) is 0 Å². The molecule has 0 aliphatic carbocycles. The van der Waals surface area contributed by atoms with Crippen LogP contribution in [0.3, 0.4) is 0 Å². The molecule has 2 heterocycles. The van der Waals surface area contributed by atoms with Crippen molar-refractivity contribution < 1.29 is 14.0 Å². The number of carbonyl (C=O) groups is 2. The van der Waals surface area contributed by atoms with Crippen molar-refractivity contribution in [2.45, 2.75) is 25.8 Å². The molecule has 1 N–H and O–H groups in total. The lowest BCUT2D eigenvalue weighted by Gasteiger charge is -2.31. The van der Waals surface area contributed by atoms with E-state index in [2.05, 4.69) is 5.32 Å². The molecule has 0 bridgehead atoms. The normalized spacial score (nSPS) is 26.6. The Balaban J connectivity index is 1.78. The maximum atomic E-state index is 12.9. The predicted octanol–water partition coefficient (Wildman–Crippen LogP) is 1.45. The first kappa shape index (κ1) is 13.2. The summed E-state index contributed by atoms with van der Waals surface area (Å²) in [6.07, 6.45) is 1.98. The first-order valence-electron chi connectivity index (χ1n) is 6.91. The Hall–Kier alpha value is -1.75. The first-order chi connectivity index (χ1) is 9.61. The predicted molar refractivity (Wildman–Crippen MR) is 71.1 cm³/mol. The van der Waals surface area contributed by atoms with E-state index in [0.29, 0.717) is 13.0 Å². The van der Waals surface area contributed by atoms with Crippen molar-refractivity contribution in [3.63, 3.8) is 0 Å². The summed E-state index contributed by atoms with van der Waals surface area (Å²) in [7, 11) is 0. The summed E-state index contributed by atoms with van der Waals surface area (Å²) in [6.45, 7) is 1.72. The number of halogens is 1. The van der Waals surface area contributed by atoms with Crippen molar-refractivity contribution >= 4 is 11.8 Å². The second kappa shape index (κ2) is 4.98. The summed E-state index contributed by atoms with van der Waals surface area (Å²) in [5.74, 6) is -0.525. The number of amides is 2. The molecule has 5 heteroatoms. The van der Waals surface area contributed by atoms with Crippen LogP contribution in [0.2, 0.25) is 0 Å². The van der Waals surface area contributed by atoms with Crippen molar-refractivity contribution in [3.05, 3.63) is 35.6 Å². The molecular weight excluding hydrogens is 259 g/mol. The lowest BCUT2D eigenvalue weighted by atomic mass is 9.79. The van der Waals surface area contributed by atoms with Gasteiger partial charge >= 0.3 is 0 Å². The molecule has 1 spiro atoms. The van der Waals surface area contributed by atoms with E-state index in [1.54, 1.807) is 12.1 Å². The molecule has 20 heavy (non-hydrogen) atoms. The second-order valence-corrected chi connectivity index (χ2v) is 5.65. The molecule has 0 aromatic heterocycles. The highest BCUT2D eigenvalue weighted by Crippen LogP contribution is 2.39.